The van der Waals surface area contributed by atoms with Crippen molar-refractivity contribution < 1.29 is 21.8 Å². The fraction of sp³-hybridized carbons (Fsp3) is 0.412. The summed E-state index contributed by atoms with van der Waals surface area (Å²) in [5.41, 5.74) is -1.32. The van der Waals surface area contributed by atoms with E-state index in [2.05, 4.69) is 17.9 Å². The van der Waals surface area contributed by atoms with Gasteiger partial charge in [-0.05, 0) is 50.5 Å². The van der Waals surface area contributed by atoms with E-state index in [9.17, 15) is 21.8 Å². The molecule has 7 heteroatoms. The molecule has 0 aromatic heterocycles. The van der Waals surface area contributed by atoms with Crippen molar-refractivity contribution in [1.29, 1.82) is 0 Å². The lowest BCUT2D eigenvalue weighted by Gasteiger charge is -2.26. The second kappa shape index (κ2) is 7.61. The molecule has 0 saturated carbocycles. The van der Waals surface area contributed by atoms with Crippen molar-refractivity contribution in [3.05, 3.63) is 54.4 Å². The first kappa shape index (κ1) is 20.6. The van der Waals surface area contributed by atoms with E-state index < -0.39 is 39.3 Å². The summed E-state index contributed by atoms with van der Waals surface area (Å²) < 4.78 is 67.1. The molecule has 0 amide bonds. The van der Waals surface area contributed by atoms with Gasteiger partial charge in [0.05, 0.1) is 21.3 Å². The van der Waals surface area contributed by atoms with Crippen molar-refractivity contribution in [3.8, 4) is 0 Å². The summed E-state index contributed by atoms with van der Waals surface area (Å²) in [6, 6.07) is 2.41. The van der Waals surface area contributed by atoms with Crippen molar-refractivity contribution in [2.75, 3.05) is 0 Å². The van der Waals surface area contributed by atoms with Gasteiger partial charge in [-0.3, -0.25) is 0 Å². The summed E-state index contributed by atoms with van der Waals surface area (Å²) in [6.45, 7) is 11.8. The molecule has 1 rings (SSSR count). The van der Waals surface area contributed by atoms with Gasteiger partial charge < -0.3 is 0 Å². The van der Waals surface area contributed by atoms with Crippen LogP contribution in [0.5, 0.6) is 0 Å². The van der Waals surface area contributed by atoms with Gasteiger partial charge in [0.2, 0.25) is 0 Å². The first-order chi connectivity index (χ1) is 10.9. The Bertz CT molecular complexity index is 647. The molecule has 2 nitrogen and oxygen atoms in total. The largest absolute Gasteiger partial charge is 0.416 e. The highest BCUT2D eigenvalue weighted by atomic mass is 32.2. The van der Waals surface area contributed by atoms with Crippen molar-refractivity contribution in [2.24, 2.45) is 0 Å². The molecule has 0 aliphatic heterocycles. The van der Waals surface area contributed by atoms with Gasteiger partial charge in [0.25, 0.3) is 0 Å². The van der Waals surface area contributed by atoms with Crippen molar-refractivity contribution in [2.45, 2.75) is 44.2 Å². The van der Waals surface area contributed by atoms with Crippen LogP contribution in [0.3, 0.4) is 0 Å². The molecule has 0 fully saturated rings. The Morgan fingerprint density at radius 1 is 1.33 bits per heavy atom. The lowest BCUT2D eigenvalue weighted by atomic mass is 9.94. The standard InChI is InChI=1S/C17H21F4NOS/c1-6-7-15(22-24(23)16(3,4)5)13-9-8-12(18)10-14(13)11(2)17(19,20)21/h6,8-10,15,22H,1-2,7H2,3-5H3/t15-,24?/m0/s1. The predicted molar refractivity (Wildman–Crippen MR) is 90.1 cm³/mol. The highest BCUT2D eigenvalue weighted by molar-refractivity contribution is 7.84. The van der Waals surface area contributed by atoms with Crippen LogP contribution in [0.2, 0.25) is 0 Å². The second-order valence-electron chi connectivity index (χ2n) is 6.28. The van der Waals surface area contributed by atoms with Crippen molar-refractivity contribution >= 4 is 16.6 Å². The number of nitrogens with one attached hydrogen (secondary N) is 1. The lowest BCUT2D eigenvalue weighted by molar-refractivity contribution is -0.0687. The van der Waals surface area contributed by atoms with Gasteiger partial charge in [-0.1, -0.05) is 18.7 Å². The summed E-state index contributed by atoms with van der Waals surface area (Å²) >= 11 is 0. The molecule has 1 N–H and O–H groups in total. The molecule has 0 aliphatic carbocycles. The Morgan fingerprint density at radius 2 is 1.92 bits per heavy atom. The maximum absolute atomic E-state index is 13.5. The quantitative estimate of drug-likeness (QED) is 0.555. The molecule has 1 unspecified atom stereocenters. The summed E-state index contributed by atoms with van der Waals surface area (Å²) in [4.78, 5) is 0. The zero-order valence-electron chi connectivity index (χ0n) is 13.8. The Kier molecular flexibility index (Phi) is 6.52. The van der Waals surface area contributed by atoms with Gasteiger partial charge in [-0.25, -0.2) is 13.3 Å². The van der Waals surface area contributed by atoms with Gasteiger partial charge in [-0.15, -0.1) is 6.58 Å². The van der Waals surface area contributed by atoms with Crippen LogP contribution in [0.15, 0.2) is 37.4 Å². The summed E-state index contributed by atoms with van der Waals surface area (Å²) in [5.74, 6) is -0.798. The smallest absolute Gasteiger partial charge is 0.242 e. The average Bonchev–Trinajstić information content (AvgIpc) is 2.43. The number of hydrogen-bond acceptors (Lipinski definition) is 1. The van der Waals surface area contributed by atoms with Crippen molar-refractivity contribution in [3.63, 3.8) is 0 Å². The fourth-order valence-corrected chi connectivity index (χ4v) is 2.79. The van der Waals surface area contributed by atoms with Crippen molar-refractivity contribution in [1.82, 2.24) is 4.72 Å². The topological polar surface area (TPSA) is 29.1 Å². The number of benzene rings is 1. The molecule has 2 atom stereocenters. The van der Waals surface area contributed by atoms with Crippen LogP contribution in [0.4, 0.5) is 17.6 Å². The molecular formula is C17H21F4NOS. The zero-order chi connectivity index (χ0) is 18.7. The minimum Gasteiger partial charge on any atom is -0.242 e. The lowest BCUT2D eigenvalue weighted by Crippen LogP contribution is -2.36. The third-order valence-electron chi connectivity index (χ3n) is 3.27. The van der Waals surface area contributed by atoms with Gasteiger partial charge in [0.15, 0.2) is 0 Å². The predicted octanol–water partition coefficient (Wildman–Crippen LogP) is 5.07. The summed E-state index contributed by atoms with van der Waals surface area (Å²) in [6.07, 6.45) is -2.96. The van der Waals surface area contributed by atoms with E-state index >= 15 is 0 Å². The molecule has 1 aromatic rings. The van der Waals surface area contributed by atoms with Gasteiger partial charge in [-0.2, -0.15) is 13.2 Å². The number of rotatable bonds is 6. The third kappa shape index (κ3) is 5.27. The normalized spacial score (nSPS) is 15.0. The zero-order valence-corrected chi connectivity index (χ0v) is 14.7. The van der Waals surface area contributed by atoms with Crippen LogP contribution in [0.1, 0.15) is 44.4 Å². The van der Waals surface area contributed by atoms with E-state index in [-0.39, 0.29) is 17.5 Å². The van der Waals surface area contributed by atoms with E-state index in [1.807, 2.05) is 0 Å². The highest BCUT2D eigenvalue weighted by Gasteiger charge is 2.35. The van der Waals surface area contributed by atoms with Crippen LogP contribution in [-0.4, -0.2) is 15.1 Å². The second-order valence-corrected chi connectivity index (χ2v) is 8.28. The number of alkyl halides is 3. The van der Waals surface area contributed by atoms with Gasteiger partial charge in [0.1, 0.15) is 5.82 Å². The van der Waals surface area contributed by atoms with Crippen LogP contribution < -0.4 is 4.72 Å². The van der Waals surface area contributed by atoms with Crippen LogP contribution in [-0.2, 0) is 11.0 Å². The maximum Gasteiger partial charge on any atom is 0.416 e. The maximum atomic E-state index is 13.5. The Labute approximate surface area is 142 Å². The summed E-state index contributed by atoms with van der Waals surface area (Å²) in [7, 11) is -1.52. The molecule has 0 spiro atoms. The average molecular weight is 363 g/mol. The molecule has 24 heavy (non-hydrogen) atoms. The van der Waals surface area contributed by atoms with E-state index in [0.29, 0.717) is 0 Å². The number of hydrogen-bond donors (Lipinski definition) is 1. The van der Waals surface area contributed by atoms with E-state index in [0.717, 1.165) is 12.1 Å². The van der Waals surface area contributed by atoms with E-state index in [4.69, 9.17) is 0 Å². The number of halogens is 4. The molecule has 0 bridgehead atoms. The monoisotopic (exact) mass is 363 g/mol. The minimum absolute atomic E-state index is 0.177. The SMILES string of the molecule is C=CC[C@H](NS(=O)C(C)(C)C)c1ccc(F)cc1C(=C)C(F)(F)F. The molecule has 0 saturated heterocycles. The van der Waals surface area contributed by atoms with Gasteiger partial charge >= 0.3 is 6.18 Å². The van der Waals surface area contributed by atoms with E-state index in [1.54, 1.807) is 20.8 Å². The molecule has 0 radical (unpaired) electrons. The highest BCUT2D eigenvalue weighted by Crippen LogP contribution is 2.37. The molecule has 0 heterocycles. The first-order valence-corrected chi connectivity index (χ1v) is 8.37. The Morgan fingerprint density at radius 3 is 2.38 bits per heavy atom. The molecule has 134 valence electrons. The van der Waals surface area contributed by atoms with E-state index in [1.165, 1.54) is 12.1 Å². The molecular weight excluding hydrogens is 342 g/mol. The van der Waals surface area contributed by atoms with Gasteiger partial charge in [0, 0.05) is 6.04 Å². The Balaban J connectivity index is 3.36. The fourth-order valence-electron chi connectivity index (χ4n) is 1.96. The minimum atomic E-state index is -4.69. The first-order valence-electron chi connectivity index (χ1n) is 7.22. The number of allylic oxidation sites excluding steroid dienone is 1. The third-order valence-corrected chi connectivity index (χ3v) is 4.88. The Hall–Kier alpha value is -1.47. The van der Waals surface area contributed by atoms with Crippen LogP contribution in [0.25, 0.3) is 5.57 Å². The summed E-state index contributed by atoms with van der Waals surface area (Å²) in [5, 5.41) is 0. The van der Waals surface area contributed by atoms with Crippen LogP contribution in [0, 0.1) is 5.82 Å². The van der Waals surface area contributed by atoms with Crippen LogP contribution >= 0.6 is 0 Å². The molecule has 1 aromatic carbocycles. The molecule has 0 aliphatic rings.